The van der Waals surface area contributed by atoms with Gasteiger partial charge in [-0.1, -0.05) is 11.6 Å². The van der Waals surface area contributed by atoms with E-state index in [1.807, 2.05) is 43.5 Å². The lowest BCUT2D eigenvalue weighted by Crippen LogP contribution is -2.44. The van der Waals surface area contributed by atoms with Gasteiger partial charge in [-0.15, -0.1) is 0 Å². The second-order valence-corrected chi connectivity index (χ2v) is 8.97. The maximum Gasteiger partial charge on any atom is 0.257 e. The highest BCUT2D eigenvalue weighted by Crippen LogP contribution is 2.33. The first kappa shape index (κ1) is 21.4. The second kappa shape index (κ2) is 8.83. The van der Waals surface area contributed by atoms with Crippen LogP contribution in [0.4, 0.5) is 17.1 Å². The summed E-state index contributed by atoms with van der Waals surface area (Å²) < 4.78 is 0. The van der Waals surface area contributed by atoms with Gasteiger partial charge in [-0.25, -0.2) is 0 Å². The van der Waals surface area contributed by atoms with E-state index in [1.165, 1.54) is 0 Å². The molecule has 0 atom stereocenters. The molecule has 0 spiro atoms. The number of likely N-dealkylation sites (N-methyl/N-ethyl adjacent to an activating group) is 1. The molecule has 170 valence electrons. The first-order valence-corrected chi connectivity index (χ1v) is 11.5. The highest BCUT2D eigenvalue weighted by atomic mass is 16.2. The smallest absolute Gasteiger partial charge is 0.257 e. The molecule has 3 heterocycles. The van der Waals surface area contributed by atoms with E-state index in [9.17, 15) is 9.59 Å². The number of piperazine rings is 1. The van der Waals surface area contributed by atoms with E-state index >= 15 is 0 Å². The monoisotopic (exact) mass is 443 g/mol. The number of benzene rings is 2. The largest absolute Gasteiger partial charge is 0.368 e. The van der Waals surface area contributed by atoms with Crippen molar-refractivity contribution in [3.8, 4) is 0 Å². The molecule has 0 bridgehead atoms. The van der Waals surface area contributed by atoms with Crippen molar-refractivity contribution in [3.05, 3.63) is 59.9 Å². The van der Waals surface area contributed by atoms with Crippen LogP contribution in [0.3, 0.4) is 0 Å². The summed E-state index contributed by atoms with van der Waals surface area (Å²) in [5.74, 6) is -0.148. The van der Waals surface area contributed by atoms with Crippen LogP contribution >= 0.6 is 0 Å². The molecule has 0 unspecified atom stereocenters. The Morgan fingerprint density at radius 2 is 1.76 bits per heavy atom. The van der Waals surface area contributed by atoms with Gasteiger partial charge in [-0.05, 0) is 50.7 Å². The van der Waals surface area contributed by atoms with E-state index in [0.717, 1.165) is 60.3 Å². The van der Waals surface area contributed by atoms with Crippen LogP contribution in [0.25, 0.3) is 10.8 Å². The van der Waals surface area contributed by atoms with Gasteiger partial charge in [-0.2, -0.15) is 0 Å². The number of carbonyl (C=O) groups excluding carboxylic acids is 2. The Hall–Kier alpha value is -3.45. The van der Waals surface area contributed by atoms with E-state index in [2.05, 4.69) is 33.2 Å². The number of amides is 2. The Kier molecular flexibility index (Phi) is 5.72. The molecule has 1 aromatic heterocycles. The van der Waals surface area contributed by atoms with Crippen LogP contribution in [0.5, 0.6) is 0 Å². The average Bonchev–Trinajstić information content (AvgIpc) is 3.25. The Bertz CT molecular complexity index is 1220. The summed E-state index contributed by atoms with van der Waals surface area (Å²) in [5.41, 5.74) is 4.06. The molecule has 3 aromatic rings. The van der Waals surface area contributed by atoms with Crippen LogP contribution < -0.4 is 15.1 Å². The Morgan fingerprint density at radius 1 is 0.970 bits per heavy atom. The second-order valence-electron chi connectivity index (χ2n) is 8.97. The third kappa shape index (κ3) is 4.16. The first-order valence-electron chi connectivity index (χ1n) is 11.5. The van der Waals surface area contributed by atoms with E-state index in [4.69, 9.17) is 0 Å². The molecule has 2 saturated heterocycles. The summed E-state index contributed by atoms with van der Waals surface area (Å²) in [5, 5.41) is 5.09. The Balaban J connectivity index is 1.48. The highest BCUT2D eigenvalue weighted by Gasteiger charge is 2.26. The van der Waals surface area contributed by atoms with Crippen LogP contribution in [0.15, 0.2) is 48.8 Å². The molecule has 1 N–H and O–H groups in total. The fourth-order valence-corrected chi connectivity index (χ4v) is 4.77. The van der Waals surface area contributed by atoms with Crippen molar-refractivity contribution in [2.75, 3.05) is 54.9 Å². The SMILES string of the molecule is Cc1ccc(N2CCCC2=O)c(C(=O)Nc2ccc(N3CCN(C)CC3)c3ccncc23)c1. The van der Waals surface area contributed by atoms with Gasteiger partial charge in [0, 0.05) is 68.0 Å². The molecule has 2 fully saturated rings. The molecule has 0 aliphatic carbocycles. The molecule has 33 heavy (non-hydrogen) atoms. The van der Waals surface area contributed by atoms with Crippen LogP contribution in [-0.2, 0) is 4.79 Å². The van der Waals surface area contributed by atoms with E-state index < -0.39 is 0 Å². The third-order valence-electron chi connectivity index (χ3n) is 6.65. The number of aromatic nitrogens is 1. The van der Waals surface area contributed by atoms with Crippen molar-refractivity contribution in [2.24, 2.45) is 0 Å². The molecular weight excluding hydrogens is 414 g/mol. The van der Waals surface area contributed by atoms with Crippen molar-refractivity contribution < 1.29 is 9.59 Å². The number of nitrogens with one attached hydrogen (secondary N) is 1. The maximum absolute atomic E-state index is 13.4. The van der Waals surface area contributed by atoms with Gasteiger partial charge in [0.05, 0.1) is 16.9 Å². The summed E-state index contributed by atoms with van der Waals surface area (Å²) in [6.07, 6.45) is 4.95. The van der Waals surface area contributed by atoms with Crippen molar-refractivity contribution >= 4 is 39.6 Å². The first-order chi connectivity index (χ1) is 16.0. The normalized spacial score (nSPS) is 17.1. The predicted molar refractivity (Wildman–Crippen MR) is 132 cm³/mol. The van der Waals surface area contributed by atoms with Gasteiger partial charge in [-0.3, -0.25) is 14.6 Å². The standard InChI is InChI=1S/C26H29N5O2/c1-18-5-7-24(31-11-3-4-25(31)32)20(16-18)26(33)28-22-6-8-23(19-9-10-27-17-21(19)22)30-14-12-29(2)13-15-30/h5-10,16-17H,3-4,11-15H2,1-2H3,(H,28,33). The molecule has 7 nitrogen and oxygen atoms in total. The van der Waals surface area contributed by atoms with Crippen molar-refractivity contribution in [1.82, 2.24) is 9.88 Å². The fourth-order valence-electron chi connectivity index (χ4n) is 4.77. The number of anilines is 3. The third-order valence-corrected chi connectivity index (χ3v) is 6.65. The number of aryl methyl sites for hydroxylation is 1. The minimum Gasteiger partial charge on any atom is -0.368 e. The molecule has 2 aromatic carbocycles. The van der Waals surface area contributed by atoms with Gasteiger partial charge < -0.3 is 20.0 Å². The van der Waals surface area contributed by atoms with Crippen LogP contribution in [-0.4, -0.2) is 61.5 Å². The van der Waals surface area contributed by atoms with Crippen molar-refractivity contribution in [3.63, 3.8) is 0 Å². The number of rotatable bonds is 4. The Morgan fingerprint density at radius 3 is 2.52 bits per heavy atom. The van der Waals surface area contributed by atoms with Gasteiger partial charge in [0.2, 0.25) is 5.91 Å². The van der Waals surface area contributed by atoms with E-state index in [1.54, 1.807) is 11.1 Å². The molecule has 5 rings (SSSR count). The number of hydrogen-bond acceptors (Lipinski definition) is 5. The highest BCUT2D eigenvalue weighted by molar-refractivity contribution is 6.14. The number of carbonyl (C=O) groups is 2. The van der Waals surface area contributed by atoms with Gasteiger partial charge in [0.1, 0.15) is 0 Å². The minimum atomic E-state index is -0.217. The molecule has 0 saturated carbocycles. The molecule has 7 heteroatoms. The molecule has 2 aliphatic heterocycles. The van der Waals surface area contributed by atoms with Crippen molar-refractivity contribution in [1.29, 1.82) is 0 Å². The molecule has 2 amide bonds. The van der Waals surface area contributed by atoms with Gasteiger partial charge >= 0.3 is 0 Å². The van der Waals surface area contributed by atoms with Crippen LogP contribution in [0.2, 0.25) is 0 Å². The summed E-state index contributed by atoms with van der Waals surface area (Å²) in [6.45, 7) is 6.59. The minimum absolute atomic E-state index is 0.0686. The zero-order valence-electron chi connectivity index (χ0n) is 19.2. The summed E-state index contributed by atoms with van der Waals surface area (Å²) in [7, 11) is 2.15. The lowest BCUT2D eigenvalue weighted by atomic mass is 10.1. The zero-order valence-corrected chi connectivity index (χ0v) is 19.2. The number of fused-ring (bicyclic) bond motifs is 1. The topological polar surface area (TPSA) is 68.8 Å². The van der Waals surface area contributed by atoms with Crippen LogP contribution in [0.1, 0.15) is 28.8 Å². The Labute approximate surface area is 194 Å². The number of pyridine rings is 1. The van der Waals surface area contributed by atoms with Gasteiger partial charge in [0.15, 0.2) is 0 Å². The summed E-state index contributed by atoms with van der Waals surface area (Å²) >= 11 is 0. The average molecular weight is 444 g/mol. The quantitative estimate of drug-likeness (QED) is 0.666. The van der Waals surface area contributed by atoms with E-state index in [-0.39, 0.29) is 11.8 Å². The van der Waals surface area contributed by atoms with E-state index in [0.29, 0.717) is 24.2 Å². The van der Waals surface area contributed by atoms with Crippen molar-refractivity contribution in [2.45, 2.75) is 19.8 Å². The maximum atomic E-state index is 13.4. The molecular formula is C26H29N5O2. The fraction of sp³-hybridized carbons (Fsp3) is 0.346. The summed E-state index contributed by atoms with van der Waals surface area (Å²) in [4.78, 5) is 36.6. The lowest BCUT2D eigenvalue weighted by Gasteiger charge is -2.34. The molecule has 0 radical (unpaired) electrons. The molecule has 2 aliphatic rings. The predicted octanol–water partition coefficient (Wildman–Crippen LogP) is 3.67. The number of hydrogen-bond donors (Lipinski definition) is 1. The number of nitrogens with zero attached hydrogens (tertiary/aromatic N) is 4. The lowest BCUT2D eigenvalue weighted by molar-refractivity contribution is -0.117. The van der Waals surface area contributed by atoms with Crippen LogP contribution in [0, 0.1) is 6.92 Å². The zero-order chi connectivity index (χ0) is 22.9. The van der Waals surface area contributed by atoms with Gasteiger partial charge in [0.25, 0.3) is 5.91 Å². The summed E-state index contributed by atoms with van der Waals surface area (Å²) in [6, 6.07) is 11.7.